The molecule has 1 aliphatic rings. The van der Waals surface area contributed by atoms with Gasteiger partial charge in [0.15, 0.2) is 11.5 Å². The molecule has 1 saturated heterocycles. The summed E-state index contributed by atoms with van der Waals surface area (Å²) in [5.41, 5.74) is -1.62. The molecule has 2 aromatic heterocycles. The second-order valence-corrected chi connectivity index (χ2v) is 6.87. The molecule has 1 fully saturated rings. The number of anilines is 2. The Morgan fingerprint density at radius 2 is 1.84 bits per heavy atom. The summed E-state index contributed by atoms with van der Waals surface area (Å²) in [4.78, 5) is 37.1. The number of carbonyl (C=O) groups is 2. The fourth-order valence-corrected chi connectivity index (χ4v) is 3.23. The van der Waals surface area contributed by atoms with Crippen LogP contribution >= 0.6 is 0 Å². The summed E-state index contributed by atoms with van der Waals surface area (Å²) in [7, 11) is 0. The molecule has 3 N–H and O–H groups in total. The quantitative estimate of drug-likeness (QED) is 0.551. The number of alkyl halides is 3. The summed E-state index contributed by atoms with van der Waals surface area (Å²) in [6.45, 7) is 1.31. The first-order chi connectivity index (χ1) is 15.2. The van der Waals surface area contributed by atoms with Crippen molar-refractivity contribution < 1.29 is 22.8 Å². The number of aromatic nitrogens is 4. The molecule has 3 heterocycles. The fourth-order valence-electron chi connectivity index (χ4n) is 3.23. The summed E-state index contributed by atoms with van der Waals surface area (Å²) in [6, 6.07) is 8.43. The predicted molar refractivity (Wildman–Crippen MR) is 107 cm³/mol. The van der Waals surface area contributed by atoms with Crippen LogP contribution < -0.4 is 21.1 Å². The standard InChI is InChI=1S/C19H16F3N7O3/c20-19(21,22)17-13(9-24-29(17)14-5-6-15(30)27-26-14)18(32)25-11-1-3-12(4-2-11)28-8-7-23-16(31)10-28/h1-6,9H,7-8,10H2,(H,23,31)(H,25,32)(H,27,30). The molecule has 0 saturated carbocycles. The van der Waals surface area contributed by atoms with E-state index >= 15 is 0 Å². The predicted octanol–water partition coefficient (Wildman–Crippen LogP) is 1.16. The first kappa shape index (κ1) is 21.1. The Kier molecular flexibility index (Phi) is 5.38. The number of hydrogen-bond acceptors (Lipinski definition) is 6. The number of nitrogens with zero attached hydrogens (tertiary/aromatic N) is 4. The third-order valence-electron chi connectivity index (χ3n) is 4.69. The Hall–Kier alpha value is -4.16. The summed E-state index contributed by atoms with van der Waals surface area (Å²) in [5.74, 6) is -1.42. The van der Waals surface area contributed by atoms with Crippen LogP contribution in [0.3, 0.4) is 0 Å². The van der Waals surface area contributed by atoms with Gasteiger partial charge in [-0.1, -0.05) is 0 Å². The van der Waals surface area contributed by atoms with E-state index in [2.05, 4.69) is 20.8 Å². The van der Waals surface area contributed by atoms with Crippen molar-refractivity contribution in [3.63, 3.8) is 0 Å². The molecule has 166 valence electrons. The average molecular weight is 447 g/mol. The molecule has 2 amide bonds. The van der Waals surface area contributed by atoms with Crippen molar-refractivity contribution in [2.45, 2.75) is 6.18 Å². The van der Waals surface area contributed by atoms with Gasteiger partial charge in [0.2, 0.25) is 5.91 Å². The summed E-state index contributed by atoms with van der Waals surface area (Å²) in [5, 5.41) is 14.3. The lowest BCUT2D eigenvalue weighted by Crippen LogP contribution is -2.47. The molecule has 0 bridgehead atoms. The minimum absolute atomic E-state index is 0.109. The maximum absolute atomic E-state index is 13.7. The van der Waals surface area contributed by atoms with Gasteiger partial charge in [-0.3, -0.25) is 14.4 Å². The zero-order valence-electron chi connectivity index (χ0n) is 16.3. The van der Waals surface area contributed by atoms with Crippen LogP contribution in [-0.2, 0) is 11.0 Å². The highest BCUT2D eigenvalue weighted by Gasteiger charge is 2.41. The van der Waals surface area contributed by atoms with Crippen LogP contribution in [0, 0.1) is 0 Å². The summed E-state index contributed by atoms with van der Waals surface area (Å²) >= 11 is 0. The van der Waals surface area contributed by atoms with Gasteiger partial charge in [0.1, 0.15) is 0 Å². The molecule has 0 radical (unpaired) electrons. The molecule has 1 aromatic carbocycles. The van der Waals surface area contributed by atoms with Crippen molar-refractivity contribution in [2.75, 3.05) is 29.9 Å². The van der Waals surface area contributed by atoms with Gasteiger partial charge < -0.3 is 15.5 Å². The lowest BCUT2D eigenvalue weighted by Gasteiger charge is -2.28. The lowest BCUT2D eigenvalue weighted by molar-refractivity contribution is -0.143. The maximum atomic E-state index is 13.7. The average Bonchev–Trinajstić information content (AvgIpc) is 3.21. The Morgan fingerprint density at radius 3 is 2.47 bits per heavy atom. The molecule has 1 aliphatic heterocycles. The van der Waals surface area contributed by atoms with Crippen molar-refractivity contribution in [3.8, 4) is 5.82 Å². The van der Waals surface area contributed by atoms with Crippen molar-refractivity contribution in [1.29, 1.82) is 0 Å². The third kappa shape index (κ3) is 4.31. The van der Waals surface area contributed by atoms with Gasteiger partial charge in [-0.05, 0) is 30.3 Å². The molecule has 32 heavy (non-hydrogen) atoms. The van der Waals surface area contributed by atoms with E-state index in [0.29, 0.717) is 17.8 Å². The molecule has 13 heteroatoms. The minimum atomic E-state index is -4.92. The Labute approximate surface area is 178 Å². The van der Waals surface area contributed by atoms with Crippen molar-refractivity contribution >= 4 is 23.2 Å². The van der Waals surface area contributed by atoms with Gasteiger partial charge in [0, 0.05) is 30.5 Å². The molecular weight excluding hydrogens is 431 g/mol. The van der Waals surface area contributed by atoms with Gasteiger partial charge in [-0.2, -0.15) is 23.4 Å². The van der Waals surface area contributed by atoms with E-state index in [0.717, 1.165) is 24.0 Å². The van der Waals surface area contributed by atoms with E-state index < -0.39 is 28.9 Å². The number of amides is 2. The number of piperazine rings is 1. The third-order valence-corrected chi connectivity index (χ3v) is 4.69. The van der Waals surface area contributed by atoms with E-state index in [-0.39, 0.29) is 24.0 Å². The Morgan fingerprint density at radius 1 is 1.09 bits per heavy atom. The van der Waals surface area contributed by atoms with Gasteiger partial charge in [0.25, 0.3) is 11.5 Å². The highest BCUT2D eigenvalue weighted by Crippen LogP contribution is 2.33. The van der Waals surface area contributed by atoms with Crippen molar-refractivity contribution in [2.24, 2.45) is 0 Å². The van der Waals surface area contributed by atoms with Crippen LogP contribution in [0.1, 0.15) is 16.1 Å². The topological polar surface area (TPSA) is 125 Å². The van der Waals surface area contributed by atoms with Gasteiger partial charge in [-0.15, -0.1) is 0 Å². The van der Waals surface area contributed by atoms with E-state index in [1.165, 1.54) is 12.1 Å². The molecule has 3 aromatic rings. The number of hydrogen-bond donors (Lipinski definition) is 3. The first-order valence-electron chi connectivity index (χ1n) is 9.37. The highest BCUT2D eigenvalue weighted by molar-refractivity contribution is 6.05. The Balaban J connectivity index is 1.57. The number of halogens is 3. The smallest absolute Gasteiger partial charge is 0.360 e. The lowest BCUT2D eigenvalue weighted by atomic mass is 10.2. The number of rotatable bonds is 4. The SMILES string of the molecule is O=C1CN(c2ccc(NC(=O)c3cnn(-c4ccc(=O)[nH]n4)c3C(F)(F)F)cc2)CCN1. The molecule has 0 atom stereocenters. The maximum Gasteiger partial charge on any atom is 0.434 e. The molecular formula is C19H16F3N7O3. The minimum Gasteiger partial charge on any atom is -0.360 e. The number of benzene rings is 1. The molecule has 10 nitrogen and oxygen atoms in total. The monoisotopic (exact) mass is 447 g/mol. The highest BCUT2D eigenvalue weighted by atomic mass is 19.4. The van der Waals surface area contributed by atoms with E-state index in [9.17, 15) is 27.6 Å². The number of aromatic amines is 1. The fraction of sp³-hybridized carbons (Fsp3) is 0.211. The van der Waals surface area contributed by atoms with Crippen LogP contribution in [0.25, 0.3) is 5.82 Å². The van der Waals surface area contributed by atoms with Crippen LogP contribution in [0.2, 0.25) is 0 Å². The largest absolute Gasteiger partial charge is 0.434 e. The molecule has 0 spiro atoms. The number of carbonyl (C=O) groups excluding carboxylic acids is 2. The van der Waals surface area contributed by atoms with Gasteiger partial charge >= 0.3 is 6.18 Å². The zero-order valence-corrected chi connectivity index (χ0v) is 16.3. The summed E-state index contributed by atoms with van der Waals surface area (Å²) in [6.07, 6.45) is -4.13. The van der Waals surface area contributed by atoms with Gasteiger partial charge in [0.05, 0.1) is 18.3 Å². The zero-order chi connectivity index (χ0) is 22.9. The van der Waals surface area contributed by atoms with Crippen LogP contribution in [0.4, 0.5) is 24.5 Å². The van der Waals surface area contributed by atoms with E-state index in [1.54, 1.807) is 12.1 Å². The molecule has 0 unspecified atom stereocenters. The van der Waals surface area contributed by atoms with Crippen LogP contribution in [0.15, 0.2) is 47.4 Å². The van der Waals surface area contributed by atoms with Crippen molar-refractivity contribution in [1.82, 2.24) is 25.3 Å². The first-order valence-corrected chi connectivity index (χ1v) is 9.37. The van der Waals surface area contributed by atoms with Gasteiger partial charge in [-0.25, -0.2) is 9.78 Å². The molecule has 0 aliphatic carbocycles. The second-order valence-electron chi connectivity index (χ2n) is 6.87. The normalized spacial score (nSPS) is 14.2. The molecule has 4 rings (SSSR count). The van der Waals surface area contributed by atoms with E-state index in [4.69, 9.17) is 0 Å². The van der Waals surface area contributed by atoms with Crippen LogP contribution in [-0.4, -0.2) is 51.4 Å². The second kappa shape index (κ2) is 8.17. The van der Waals surface area contributed by atoms with Crippen molar-refractivity contribution in [3.05, 3.63) is 64.2 Å². The number of H-pyrrole nitrogens is 1. The summed E-state index contributed by atoms with van der Waals surface area (Å²) < 4.78 is 41.6. The Bertz CT molecular complexity index is 1200. The van der Waals surface area contributed by atoms with E-state index in [1.807, 2.05) is 10.00 Å². The van der Waals surface area contributed by atoms with Crippen LogP contribution in [0.5, 0.6) is 0 Å². The number of nitrogens with one attached hydrogen (secondary N) is 3.